The van der Waals surface area contributed by atoms with Crippen molar-refractivity contribution in [1.29, 1.82) is 0 Å². The second-order valence-corrected chi connectivity index (χ2v) is 8.12. The number of carbonyl (C=O) groups is 2. The van der Waals surface area contributed by atoms with Gasteiger partial charge in [-0.25, -0.2) is 4.79 Å². The maximum atomic E-state index is 12.2. The van der Waals surface area contributed by atoms with Crippen molar-refractivity contribution in [2.45, 2.75) is 31.5 Å². The first kappa shape index (κ1) is 22.8. The van der Waals surface area contributed by atoms with Gasteiger partial charge in [0.1, 0.15) is 0 Å². The van der Waals surface area contributed by atoms with E-state index in [4.69, 9.17) is 35.3 Å². The Morgan fingerprint density at radius 2 is 1.85 bits per heavy atom. The number of benzene rings is 2. The van der Waals surface area contributed by atoms with E-state index >= 15 is 0 Å². The number of amides is 1. The fourth-order valence-corrected chi connectivity index (χ4v) is 4.17. The van der Waals surface area contributed by atoms with Crippen molar-refractivity contribution in [3.8, 4) is 23.0 Å². The predicted octanol–water partition coefficient (Wildman–Crippen LogP) is 4.59. The van der Waals surface area contributed by atoms with Crippen LogP contribution in [0.5, 0.6) is 23.0 Å². The number of rotatable bonds is 7. The van der Waals surface area contributed by atoms with Crippen LogP contribution in [-0.2, 0) is 14.3 Å². The van der Waals surface area contributed by atoms with Gasteiger partial charge in [0, 0.05) is 30.7 Å². The molecule has 1 spiro atoms. The quantitative estimate of drug-likeness (QED) is 0.464. The first-order chi connectivity index (χ1) is 15.9. The Labute approximate surface area is 196 Å². The molecule has 0 bridgehead atoms. The Bertz CT molecular complexity index is 1090. The lowest BCUT2D eigenvalue weighted by Crippen LogP contribution is -2.34. The molecule has 1 saturated carbocycles. The van der Waals surface area contributed by atoms with Gasteiger partial charge < -0.3 is 29.0 Å². The van der Waals surface area contributed by atoms with Crippen LogP contribution in [0.2, 0.25) is 5.02 Å². The highest BCUT2D eigenvalue weighted by atomic mass is 35.5. The van der Waals surface area contributed by atoms with E-state index in [2.05, 4.69) is 5.32 Å². The lowest BCUT2D eigenvalue weighted by atomic mass is 10.2. The summed E-state index contributed by atoms with van der Waals surface area (Å²) < 4.78 is 27.4. The van der Waals surface area contributed by atoms with Gasteiger partial charge in [0.25, 0.3) is 11.7 Å². The molecule has 0 unspecified atom stereocenters. The molecular formula is C24H24ClNO7. The minimum atomic E-state index is -0.676. The average molecular weight is 474 g/mol. The summed E-state index contributed by atoms with van der Waals surface area (Å²) in [5.74, 6) is 0.387. The summed E-state index contributed by atoms with van der Waals surface area (Å²) in [7, 11) is 2.97. The molecular weight excluding hydrogens is 450 g/mol. The molecule has 1 N–H and O–H groups in total. The van der Waals surface area contributed by atoms with Crippen molar-refractivity contribution in [1.82, 2.24) is 0 Å². The summed E-state index contributed by atoms with van der Waals surface area (Å²) in [6.45, 7) is -0.436. The molecule has 1 aliphatic heterocycles. The highest BCUT2D eigenvalue weighted by molar-refractivity contribution is 6.32. The number of hydrogen-bond acceptors (Lipinski definition) is 7. The lowest BCUT2D eigenvalue weighted by molar-refractivity contribution is -0.142. The maximum absolute atomic E-state index is 12.2. The number of halogens is 1. The van der Waals surface area contributed by atoms with Crippen molar-refractivity contribution >= 4 is 35.2 Å². The lowest BCUT2D eigenvalue weighted by Gasteiger charge is -2.21. The highest BCUT2D eigenvalue weighted by Gasteiger charge is 2.44. The molecule has 1 amide bonds. The van der Waals surface area contributed by atoms with Crippen LogP contribution in [0.4, 0.5) is 5.69 Å². The normalized spacial score (nSPS) is 15.6. The summed E-state index contributed by atoms with van der Waals surface area (Å²) in [6.07, 6.45) is 6.54. The van der Waals surface area contributed by atoms with Crippen LogP contribution in [0.3, 0.4) is 0 Å². The second-order valence-electron chi connectivity index (χ2n) is 7.71. The standard InChI is InChI=1S/C24H24ClNO7/c1-29-20-12-15(11-17(25)23(20)30-2)5-8-22(28)31-14-21(27)26-16-6-7-18-19(13-16)33-24(32-18)9-3-4-10-24/h5-8,11-13H,3-4,9-10,14H2,1-2H3,(H,26,27)/b8-5+. The molecule has 0 saturated heterocycles. The average Bonchev–Trinajstić information content (AvgIpc) is 3.41. The molecule has 2 aromatic rings. The van der Waals surface area contributed by atoms with Crippen LogP contribution < -0.4 is 24.3 Å². The molecule has 8 nitrogen and oxygen atoms in total. The fourth-order valence-electron chi connectivity index (χ4n) is 3.87. The third-order valence-corrected chi connectivity index (χ3v) is 5.68. The van der Waals surface area contributed by atoms with E-state index in [-0.39, 0.29) is 0 Å². The number of fused-ring (bicyclic) bond motifs is 1. The van der Waals surface area contributed by atoms with E-state index in [1.807, 2.05) is 0 Å². The molecule has 174 valence electrons. The molecule has 0 radical (unpaired) electrons. The van der Waals surface area contributed by atoms with E-state index in [1.54, 1.807) is 30.3 Å². The number of carbonyl (C=O) groups excluding carboxylic acids is 2. The molecule has 33 heavy (non-hydrogen) atoms. The number of methoxy groups -OCH3 is 2. The van der Waals surface area contributed by atoms with Crippen LogP contribution >= 0.6 is 11.6 Å². The van der Waals surface area contributed by atoms with Crippen molar-refractivity contribution in [2.75, 3.05) is 26.1 Å². The van der Waals surface area contributed by atoms with E-state index in [9.17, 15) is 9.59 Å². The second kappa shape index (κ2) is 9.62. The van der Waals surface area contributed by atoms with Crippen LogP contribution in [0, 0.1) is 0 Å². The Kier molecular flexibility index (Phi) is 6.65. The summed E-state index contributed by atoms with van der Waals surface area (Å²) in [6, 6.07) is 8.48. The summed E-state index contributed by atoms with van der Waals surface area (Å²) >= 11 is 6.15. The van der Waals surface area contributed by atoms with E-state index in [1.165, 1.54) is 26.4 Å². The molecule has 1 heterocycles. The zero-order valence-electron chi connectivity index (χ0n) is 18.3. The monoisotopic (exact) mass is 473 g/mol. The third kappa shape index (κ3) is 5.17. The molecule has 0 atom stereocenters. The summed E-state index contributed by atoms with van der Waals surface area (Å²) in [5.41, 5.74) is 1.14. The molecule has 9 heteroatoms. The van der Waals surface area contributed by atoms with E-state index < -0.39 is 24.3 Å². The first-order valence-electron chi connectivity index (χ1n) is 10.5. The Hall–Kier alpha value is -3.39. The largest absolute Gasteiger partial charge is 0.493 e. The molecule has 2 aliphatic rings. The summed E-state index contributed by atoms with van der Waals surface area (Å²) in [4.78, 5) is 24.2. The van der Waals surface area contributed by atoms with Crippen molar-refractivity contribution in [2.24, 2.45) is 0 Å². The van der Waals surface area contributed by atoms with Gasteiger partial charge in [-0.2, -0.15) is 0 Å². The van der Waals surface area contributed by atoms with Gasteiger partial charge in [-0.1, -0.05) is 11.6 Å². The maximum Gasteiger partial charge on any atom is 0.331 e. The SMILES string of the molecule is COc1cc(/C=C/C(=O)OCC(=O)Nc2ccc3c(c2)OC2(CCCC2)O3)cc(Cl)c1OC. The van der Waals surface area contributed by atoms with Crippen molar-refractivity contribution in [3.63, 3.8) is 0 Å². The van der Waals surface area contributed by atoms with Crippen LogP contribution in [0.15, 0.2) is 36.4 Å². The van der Waals surface area contributed by atoms with E-state index in [0.717, 1.165) is 25.7 Å². The molecule has 1 fully saturated rings. The van der Waals surface area contributed by atoms with Gasteiger partial charge in [-0.3, -0.25) is 4.79 Å². The number of nitrogens with one attached hydrogen (secondary N) is 1. The number of ether oxygens (including phenoxy) is 5. The van der Waals surface area contributed by atoms with Gasteiger partial charge in [0.2, 0.25) is 0 Å². The smallest absolute Gasteiger partial charge is 0.331 e. The molecule has 0 aromatic heterocycles. The number of anilines is 1. The van der Waals surface area contributed by atoms with Gasteiger partial charge in [-0.05, 0) is 48.7 Å². The molecule has 1 aliphatic carbocycles. The molecule has 4 rings (SSSR count). The van der Waals surface area contributed by atoms with Crippen LogP contribution in [0.1, 0.15) is 31.2 Å². The predicted molar refractivity (Wildman–Crippen MR) is 122 cm³/mol. The Morgan fingerprint density at radius 1 is 1.09 bits per heavy atom. The van der Waals surface area contributed by atoms with Gasteiger partial charge >= 0.3 is 5.97 Å². The van der Waals surface area contributed by atoms with Gasteiger partial charge in [0.15, 0.2) is 29.6 Å². The minimum Gasteiger partial charge on any atom is -0.493 e. The zero-order valence-corrected chi connectivity index (χ0v) is 19.1. The van der Waals surface area contributed by atoms with Gasteiger partial charge in [-0.15, -0.1) is 0 Å². The van der Waals surface area contributed by atoms with Crippen LogP contribution in [0.25, 0.3) is 6.08 Å². The summed E-state index contributed by atoms with van der Waals surface area (Å²) in [5, 5.41) is 3.03. The number of hydrogen-bond donors (Lipinski definition) is 1. The van der Waals surface area contributed by atoms with Gasteiger partial charge in [0.05, 0.1) is 19.2 Å². The number of esters is 1. The fraction of sp³-hybridized carbons (Fsp3) is 0.333. The zero-order chi connectivity index (χ0) is 23.4. The Balaban J connectivity index is 1.29. The van der Waals surface area contributed by atoms with Crippen molar-refractivity contribution < 1.29 is 33.3 Å². The Morgan fingerprint density at radius 3 is 2.58 bits per heavy atom. The topological polar surface area (TPSA) is 92.3 Å². The first-order valence-corrected chi connectivity index (χ1v) is 10.9. The van der Waals surface area contributed by atoms with Crippen molar-refractivity contribution in [3.05, 3.63) is 47.0 Å². The third-order valence-electron chi connectivity index (χ3n) is 5.40. The molecule has 2 aromatic carbocycles. The van der Waals surface area contributed by atoms with E-state index in [0.29, 0.717) is 39.3 Å². The highest BCUT2D eigenvalue weighted by Crippen LogP contribution is 2.47. The van der Waals surface area contributed by atoms with Crippen LogP contribution in [-0.4, -0.2) is 38.5 Å². The minimum absolute atomic E-state index is 0.340.